The van der Waals surface area contributed by atoms with E-state index in [1.54, 1.807) is 13.2 Å². The fourth-order valence-electron chi connectivity index (χ4n) is 1.23. The Balaban J connectivity index is 2.98. The molecule has 0 aliphatic heterocycles. The van der Waals surface area contributed by atoms with Crippen molar-refractivity contribution in [3.8, 4) is 0 Å². The zero-order valence-corrected chi connectivity index (χ0v) is 11.2. The highest BCUT2D eigenvalue weighted by atomic mass is 79.9. The number of nitrogens with one attached hydrogen (secondary N) is 1. The van der Waals surface area contributed by atoms with Gasteiger partial charge in [-0.2, -0.15) is 5.10 Å². The molecule has 16 heavy (non-hydrogen) atoms. The van der Waals surface area contributed by atoms with Crippen LogP contribution >= 0.6 is 15.9 Å². The molecule has 0 aliphatic rings. The monoisotopic (exact) mass is 289 g/mol. The first-order valence-electron chi connectivity index (χ1n) is 5.06. The lowest BCUT2D eigenvalue weighted by atomic mass is 10.1. The van der Waals surface area contributed by atoms with Crippen LogP contribution in [-0.2, 0) is 7.05 Å². The number of halogens is 1. The van der Waals surface area contributed by atoms with Crippen LogP contribution in [0, 0.1) is 5.92 Å². The predicted molar refractivity (Wildman–Crippen MR) is 66.5 cm³/mol. The molecule has 0 radical (unpaired) electrons. The van der Waals surface area contributed by atoms with Crippen LogP contribution in [0.25, 0.3) is 0 Å². The van der Waals surface area contributed by atoms with Crippen molar-refractivity contribution in [2.45, 2.75) is 19.9 Å². The van der Waals surface area contributed by atoms with Crippen LogP contribution in [0.4, 0.5) is 5.69 Å². The number of nitrogens with zero attached hydrogens (tertiary/aromatic N) is 2. The maximum atomic E-state index is 11.6. The predicted octanol–water partition coefficient (Wildman–Crippen LogP) is 0.972. The summed E-state index contributed by atoms with van der Waals surface area (Å²) in [6, 6.07) is -0.0924. The Kier molecular flexibility index (Phi) is 4.49. The first kappa shape index (κ1) is 13.2. The minimum atomic E-state index is -0.203. The summed E-state index contributed by atoms with van der Waals surface area (Å²) in [4.78, 5) is 11.6. The van der Waals surface area contributed by atoms with Gasteiger partial charge in [0.25, 0.3) is 5.56 Å². The SMILES string of the molecule is CC(C)C(CO)Nc1cnn(C)c(=O)c1Br. The first-order chi connectivity index (χ1) is 7.47. The standard InChI is InChI=1S/C10H16BrN3O2/c1-6(2)8(5-15)13-7-4-12-14(3)10(16)9(7)11/h4,6,8,13,15H,5H2,1-3H3. The third-order valence-electron chi connectivity index (χ3n) is 2.42. The molecule has 1 rings (SSSR count). The second kappa shape index (κ2) is 5.45. The van der Waals surface area contributed by atoms with E-state index < -0.39 is 0 Å². The van der Waals surface area contributed by atoms with Crippen LogP contribution in [-0.4, -0.2) is 27.5 Å². The summed E-state index contributed by atoms with van der Waals surface area (Å²) >= 11 is 3.22. The molecule has 1 aromatic rings. The average Bonchev–Trinajstić information content (AvgIpc) is 2.25. The molecule has 0 fully saturated rings. The van der Waals surface area contributed by atoms with Crippen molar-refractivity contribution in [3.63, 3.8) is 0 Å². The normalized spacial score (nSPS) is 12.9. The van der Waals surface area contributed by atoms with Gasteiger partial charge in [-0.25, -0.2) is 4.68 Å². The molecule has 1 heterocycles. The van der Waals surface area contributed by atoms with Crippen LogP contribution in [0.1, 0.15) is 13.8 Å². The number of hydrogen-bond acceptors (Lipinski definition) is 4. The van der Waals surface area contributed by atoms with Crippen molar-refractivity contribution in [1.82, 2.24) is 9.78 Å². The van der Waals surface area contributed by atoms with E-state index in [0.717, 1.165) is 0 Å². The van der Waals surface area contributed by atoms with Crippen molar-refractivity contribution >= 4 is 21.6 Å². The van der Waals surface area contributed by atoms with Gasteiger partial charge in [0.15, 0.2) is 0 Å². The van der Waals surface area contributed by atoms with E-state index in [1.165, 1.54) is 4.68 Å². The summed E-state index contributed by atoms with van der Waals surface area (Å²) in [5.41, 5.74) is 0.404. The van der Waals surface area contributed by atoms with Crippen LogP contribution in [0.2, 0.25) is 0 Å². The molecule has 0 saturated heterocycles. The summed E-state index contributed by atoms with van der Waals surface area (Å²) in [5.74, 6) is 0.265. The molecular weight excluding hydrogens is 274 g/mol. The Morgan fingerprint density at radius 3 is 2.75 bits per heavy atom. The number of aliphatic hydroxyl groups is 1. The molecule has 0 aliphatic carbocycles. The van der Waals surface area contributed by atoms with Gasteiger partial charge in [-0.15, -0.1) is 0 Å². The summed E-state index contributed by atoms with van der Waals surface area (Å²) in [6.07, 6.45) is 1.57. The van der Waals surface area contributed by atoms with Crippen LogP contribution < -0.4 is 10.9 Å². The molecule has 6 heteroatoms. The van der Waals surface area contributed by atoms with Gasteiger partial charge in [-0.05, 0) is 21.8 Å². The van der Waals surface area contributed by atoms with E-state index in [2.05, 4.69) is 26.3 Å². The van der Waals surface area contributed by atoms with Gasteiger partial charge < -0.3 is 10.4 Å². The largest absolute Gasteiger partial charge is 0.394 e. The zero-order chi connectivity index (χ0) is 12.3. The highest BCUT2D eigenvalue weighted by molar-refractivity contribution is 9.10. The van der Waals surface area contributed by atoms with Gasteiger partial charge in [-0.1, -0.05) is 13.8 Å². The lowest BCUT2D eigenvalue weighted by Crippen LogP contribution is -2.31. The van der Waals surface area contributed by atoms with Crippen molar-refractivity contribution < 1.29 is 5.11 Å². The second-order valence-electron chi connectivity index (χ2n) is 3.98. The summed E-state index contributed by atoms with van der Waals surface area (Å²) < 4.78 is 1.68. The minimum absolute atomic E-state index is 0.0132. The highest BCUT2D eigenvalue weighted by Gasteiger charge is 2.15. The molecule has 1 aromatic heterocycles. The van der Waals surface area contributed by atoms with Crippen molar-refractivity contribution in [1.29, 1.82) is 0 Å². The van der Waals surface area contributed by atoms with E-state index in [0.29, 0.717) is 10.2 Å². The number of aliphatic hydroxyl groups excluding tert-OH is 1. The van der Waals surface area contributed by atoms with Gasteiger partial charge in [0.1, 0.15) is 4.47 Å². The highest BCUT2D eigenvalue weighted by Crippen LogP contribution is 2.18. The van der Waals surface area contributed by atoms with E-state index >= 15 is 0 Å². The Morgan fingerprint density at radius 1 is 1.62 bits per heavy atom. The van der Waals surface area contributed by atoms with E-state index in [1.807, 2.05) is 13.8 Å². The second-order valence-corrected chi connectivity index (χ2v) is 4.77. The number of rotatable bonds is 4. The van der Waals surface area contributed by atoms with Gasteiger partial charge in [0, 0.05) is 7.05 Å². The summed E-state index contributed by atoms with van der Waals surface area (Å²) in [7, 11) is 1.59. The molecular formula is C10H16BrN3O2. The molecule has 0 spiro atoms. The summed E-state index contributed by atoms with van der Waals surface area (Å²) in [5, 5.41) is 16.2. The molecule has 0 bridgehead atoms. The van der Waals surface area contributed by atoms with Gasteiger partial charge in [-0.3, -0.25) is 4.79 Å². The van der Waals surface area contributed by atoms with Crippen LogP contribution in [0.5, 0.6) is 0 Å². The smallest absolute Gasteiger partial charge is 0.282 e. The molecule has 1 unspecified atom stereocenters. The minimum Gasteiger partial charge on any atom is -0.394 e. The Morgan fingerprint density at radius 2 is 2.25 bits per heavy atom. The number of aryl methyl sites for hydroxylation is 1. The average molecular weight is 290 g/mol. The molecule has 1 atom stereocenters. The maximum Gasteiger partial charge on any atom is 0.282 e. The van der Waals surface area contributed by atoms with Crippen LogP contribution in [0.3, 0.4) is 0 Å². The fraction of sp³-hybridized carbons (Fsp3) is 0.600. The van der Waals surface area contributed by atoms with E-state index in [9.17, 15) is 9.90 Å². The van der Waals surface area contributed by atoms with Gasteiger partial charge >= 0.3 is 0 Å². The Bertz CT molecular complexity index is 417. The quantitative estimate of drug-likeness (QED) is 0.867. The lowest BCUT2D eigenvalue weighted by Gasteiger charge is -2.21. The molecule has 0 aromatic carbocycles. The van der Waals surface area contributed by atoms with Crippen molar-refractivity contribution in [2.24, 2.45) is 13.0 Å². The molecule has 5 nitrogen and oxygen atoms in total. The third-order valence-corrected chi connectivity index (χ3v) is 3.19. The number of aromatic nitrogens is 2. The van der Waals surface area contributed by atoms with E-state index in [-0.39, 0.29) is 24.1 Å². The molecule has 0 amide bonds. The molecule has 90 valence electrons. The maximum absolute atomic E-state index is 11.6. The molecule has 0 saturated carbocycles. The Labute approximate surface area is 103 Å². The number of anilines is 1. The van der Waals surface area contributed by atoms with Gasteiger partial charge in [0.05, 0.1) is 24.5 Å². The van der Waals surface area contributed by atoms with E-state index in [4.69, 9.17) is 0 Å². The first-order valence-corrected chi connectivity index (χ1v) is 5.85. The lowest BCUT2D eigenvalue weighted by molar-refractivity contribution is 0.249. The fourth-order valence-corrected chi connectivity index (χ4v) is 1.71. The van der Waals surface area contributed by atoms with Gasteiger partial charge in [0.2, 0.25) is 0 Å². The number of hydrogen-bond donors (Lipinski definition) is 2. The van der Waals surface area contributed by atoms with Crippen molar-refractivity contribution in [2.75, 3.05) is 11.9 Å². The summed E-state index contributed by atoms with van der Waals surface area (Å²) in [6.45, 7) is 4.01. The zero-order valence-electron chi connectivity index (χ0n) is 9.57. The van der Waals surface area contributed by atoms with Crippen molar-refractivity contribution in [3.05, 3.63) is 21.0 Å². The van der Waals surface area contributed by atoms with Crippen LogP contribution in [0.15, 0.2) is 15.5 Å². The third kappa shape index (κ3) is 2.82. The Hall–Kier alpha value is -0.880. The topological polar surface area (TPSA) is 67.2 Å². The molecule has 2 N–H and O–H groups in total.